The minimum atomic E-state index is -0.139. The Morgan fingerprint density at radius 1 is 1.15 bits per heavy atom. The van der Waals surface area contributed by atoms with Gasteiger partial charge in [0.2, 0.25) is 0 Å². The second-order valence-corrected chi connectivity index (χ2v) is 6.57. The van der Waals surface area contributed by atoms with Crippen LogP contribution in [0.5, 0.6) is 0 Å². The van der Waals surface area contributed by atoms with E-state index in [0.29, 0.717) is 18.7 Å². The number of carbonyl (C=O) groups excluding carboxylic acids is 1. The molecule has 0 saturated carbocycles. The highest BCUT2D eigenvalue weighted by molar-refractivity contribution is 6.34. The molecule has 0 unspecified atom stereocenters. The quantitative estimate of drug-likeness (QED) is 0.798. The minimum absolute atomic E-state index is 0.0950. The van der Waals surface area contributed by atoms with E-state index in [-0.39, 0.29) is 21.8 Å². The molecule has 1 fully saturated rings. The Labute approximate surface area is 128 Å². The van der Waals surface area contributed by atoms with Gasteiger partial charge in [0.25, 0.3) is 5.91 Å². The molecule has 0 aliphatic carbocycles. The average Bonchev–Trinajstić information content (AvgIpc) is 2.40. The van der Waals surface area contributed by atoms with Gasteiger partial charge in [0.1, 0.15) is 0 Å². The number of rotatable bonds is 1. The van der Waals surface area contributed by atoms with Crippen molar-refractivity contribution in [1.82, 2.24) is 20.0 Å². The van der Waals surface area contributed by atoms with E-state index < -0.39 is 0 Å². The molecule has 7 heteroatoms. The van der Waals surface area contributed by atoms with Crippen molar-refractivity contribution < 1.29 is 4.79 Å². The molecule has 1 aromatic rings. The SMILES string of the molecule is CC(C)(C)N1CCN(C(=O)c2cc(Cl)nnc2Cl)CC1. The molecule has 1 aliphatic rings. The van der Waals surface area contributed by atoms with E-state index in [1.54, 1.807) is 4.90 Å². The normalized spacial score (nSPS) is 17.4. The van der Waals surface area contributed by atoms with E-state index in [0.717, 1.165) is 13.1 Å². The lowest BCUT2D eigenvalue weighted by Crippen LogP contribution is -2.54. The van der Waals surface area contributed by atoms with Gasteiger partial charge in [-0.2, -0.15) is 0 Å². The highest BCUT2D eigenvalue weighted by atomic mass is 35.5. The third-order valence-electron chi connectivity index (χ3n) is 3.46. The van der Waals surface area contributed by atoms with E-state index >= 15 is 0 Å². The van der Waals surface area contributed by atoms with Crippen LogP contribution in [0.1, 0.15) is 31.1 Å². The first-order chi connectivity index (χ1) is 9.29. The molecule has 2 heterocycles. The molecule has 5 nitrogen and oxygen atoms in total. The lowest BCUT2D eigenvalue weighted by atomic mass is 10.0. The molecule has 1 saturated heterocycles. The molecule has 1 amide bonds. The summed E-state index contributed by atoms with van der Waals surface area (Å²) in [5.41, 5.74) is 0.435. The van der Waals surface area contributed by atoms with Crippen molar-refractivity contribution in [3.63, 3.8) is 0 Å². The molecule has 0 bridgehead atoms. The summed E-state index contributed by atoms with van der Waals surface area (Å²) in [6.45, 7) is 9.56. The zero-order valence-corrected chi connectivity index (χ0v) is 13.4. The highest BCUT2D eigenvalue weighted by Gasteiger charge is 2.29. The summed E-state index contributed by atoms with van der Waals surface area (Å²) in [5.74, 6) is -0.139. The van der Waals surface area contributed by atoms with Crippen molar-refractivity contribution in [3.05, 3.63) is 21.9 Å². The van der Waals surface area contributed by atoms with Gasteiger partial charge in [-0.3, -0.25) is 9.69 Å². The number of halogens is 2. The summed E-state index contributed by atoms with van der Waals surface area (Å²) in [4.78, 5) is 16.6. The number of hydrogen-bond acceptors (Lipinski definition) is 4. The van der Waals surface area contributed by atoms with Crippen LogP contribution in [0, 0.1) is 0 Å². The number of piperazine rings is 1. The molecule has 0 N–H and O–H groups in total. The molecular weight excluding hydrogens is 299 g/mol. The van der Waals surface area contributed by atoms with Crippen LogP contribution in [0.15, 0.2) is 6.07 Å². The van der Waals surface area contributed by atoms with Gasteiger partial charge in [0.05, 0.1) is 5.56 Å². The second kappa shape index (κ2) is 5.84. The predicted octanol–water partition coefficient (Wildman–Crippen LogP) is 2.34. The number of amides is 1. The minimum Gasteiger partial charge on any atom is -0.336 e. The van der Waals surface area contributed by atoms with Crippen molar-refractivity contribution >= 4 is 29.1 Å². The zero-order valence-electron chi connectivity index (χ0n) is 11.9. The summed E-state index contributed by atoms with van der Waals surface area (Å²) in [5, 5.41) is 7.56. The summed E-state index contributed by atoms with van der Waals surface area (Å²) in [6, 6.07) is 1.47. The third kappa shape index (κ3) is 3.40. The summed E-state index contributed by atoms with van der Waals surface area (Å²) < 4.78 is 0. The molecule has 0 radical (unpaired) electrons. The number of aromatic nitrogens is 2. The van der Waals surface area contributed by atoms with Crippen LogP contribution in [0.25, 0.3) is 0 Å². The van der Waals surface area contributed by atoms with Crippen LogP contribution in [-0.4, -0.2) is 57.6 Å². The molecule has 0 spiro atoms. The highest BCUT2D eigenvalue weighted by Crippen LogP contribution is 2.20. The van der Waals surface area contributed by atoms with Crippen molar-refractivity contribution in [2.75, 3.05) is 26.2 Å². The fraction of sp³-hybridized carbons (Fsp3) is 0.615. The van der Waals surface area contributed by atoms with E-state index in [2.05, 4.69) is 35.9 Å². The largest absolute Gasteiger partial charge is 0.336 e. The Morgan fingerprint density at radius 2 is 1.75 bits per heavy atom. The standard InChI is InChI=1S/C13H18Cl2N4O/c1-13(2,3)19-6-4-18(5-7-19)12(20)9-8-10(14)16-17-11(9)15/h8H,4-7H2,1-3H3. The maximum atomic E-state index is 12.4. The zero-order chi connectivity index (χ0) is 14.9. The van der Waals surface area contributed by atoms with Gasteiger partial charge in [0, 0.05) is 31.7 Å². The molecule has 2 rings (SSSR count). The van der Waals surface area contributed by atoms with E-state index in [9.17, 15) is 4.79 Å². The predicted molar refractivity (Wildman–Crippen MR) is 79.3 cm³/mol. The van der Waals surface area contributed by atoms with Crippen molar-refractivity contribution in [2.45, 2.75) is 26.3 Å². The maximum absolute atomic E-state index is 12.4. The van der Waals surface area contributed by atoms with Crippen molar-refractivity contribution in [1.29, 1.82) is 0 Å². The van der Waals surface area contributed by atoms with Crippen LogP contribution in [-0.2, 0) is 0 Å². The number of hydrogen-bond donors (Lipinski definition) is 0. The second-order valence-electron chi connectivity index (χ2n) is 5.82. The van der Waals surface area contributed by atoms with Gasteiger partial charge in [-0.15, -0.1) is 10.2 Å². The van der Waals surface area contributed by atoms with Gasteiger partial charge in [-0.1, -0.05) is 23.2 Å². The Balaban J connectivity index is 2.07. The maximum Gasteiger partial charge on any atom is 0.257 e. The summed E-state index contributed by atoms with van der Waals surface area (Å²) >= 11 is 11.7. The van der Waals surface area contributed by atoms with Crippen molar-refractivity contribution in [2.24, 2.45) is 0 Å². The summed E-state index contributed by atoms with van der Waals surface area (Å²) in [6.07, 6.45) is 0. The van der Waals surface area contributed by atoms with E-state index in [1.165, 1.54) is 6.07 Å². The Bertz CT molecular complexity index is 508. The van der Waals surface area contributed by atoms with Gasteiger partial charge in [-0.05, 0) is 26.8 Å². The molecule has 1 aromatic heterocycles. The van der Waals surface area contributed by atoms with Crippen LogP contribution in [0.3, 0.4) is 0 Å². The average molecular weight is 317 g/mol. The van der Waals surface area contributed by atoms with Crippen LogP contribution < -0.4 is 0 Å². The number of carbonyl (C=O) groups is 1. The van der Waals surface area contributed by atoms with Gasteiger partial charge >= 0.3 is 0 Å². The smallest absolute Gasteiger partial charge is 0.257 e. The lowest BCUT2D eigenvalue weighted by molar-refractivity contribution is 0.0451. The molecule has 20 heavy (non-hydrogen) atoms. The number of nitrogens with zero attached hydrogens (tertiary/aromatic N) is 4. The first-order valence-corrected chi connectivity index (χ1v) is 7.27. The van der Waals surface area contributed by atoms with Gasteiger partial charge in [-0.25, -0.2) is 0 Å². The summed E-state index contributed by atoms with van der Waals surface area (Å²) in [7, 11) is 0. The Morgan fingerprint density at radius 3 is 2.30 bits per heavy atom. The fourth-order valence-electron chi connectivity index (χ4n) is 2.25. The molecule has 0 atom stereocenters. The Kier molecular flexibility index (Phi) is 4.52. The third-order valence-corrected chi connectivity index (χ3v) is 3.93. The first-order valence-electron chi connectivity index (χ1n) is 6.52. The first kappa shape index (κ1) is 15.5. The van der Waals surface area contributed by atoms with Crippen LogP contribution in [0.2, 0.25) is 10.3 Å². The monoisotopic (exact) mass is 316 g/mol. The van der Waals surface area contributed by atoms with E-state index in [1.807, 2.05) is 0 Å². The van der Waals surface area contributed by atoms with Crippen LogP contribution >= 0.6 is 23.2 Å². The van der Waals surface area contributed by atoms with Gasteiger partial charge < -0.3 is 4.90 Å². The van der Waals surface area contributed by atoms with Crippen molar-refractivity contribution in [3.8, 4) is 0 Å². The van der Waals surface area contributed by atoms with Gasteiger partial charge in [0.15, 0.2) is 10.3 Å². The lowest BCUT2D eigenvalue weighted by Gasteiger charge is -2.42. The molecule has 0 aromatic carbocycles. The molecule has 1 aliphatic heterocycles. The Hall–Kier alpha value is -0.910. The molecular formula is C13H18Cl2N4O. The van der Waals surface area contributed by atoms with E-state index in [4.69, 9.17) is 23.2 Å². The fourth-order valence-corrected chi connectivity index (χ4v) is 2.57. The van der Waals surface area contributed by atoms with Crippen LogP contribution in [0.4, 0.5) is 0 Å². The molecule has 110 valence electrons. The topological polar surface area (TPSA) is 49.3 Å².